The van der Waals surface area contributed by atoms with E-state index in [-0.39, 0.29) is 19.1 Å². The third kappa shape index (κ3) is 37.1. The van der Waals surface area contributed by atoms with Crippen LogP contribution in [0.3, 0.4) is 0 Å². The summed E-state index contributed by atoms with van der Waals surface area (Å²) in [7, 11) is 1.55. The Kier molecular flexibility index (Phi) is 34.6. The third-order valence-electron chi connectivity index (χ3n) is 9.33. The van der Waals surface area contributed by atoms with E-state index in [1.807, 2.05) is 27.2 Å². The SMILES string of the molecule is CCCCCCCC/C=C/CC/C=C/C(O)C(COP(=O)(O)OCC[N+](C)(C)C)NC(=O)CCCCCCCCC/C=C\CCCCCCCCC. The molecule has 0 rings (SSSR count). The van der Waals surface area contributed by atoms with Crippen molar-refractivity contribution < 1.29 is 32.9 Å². The van der Waals surface area contributed by atoms with Gasteiger partial charge in [-0.05, 0) is 57.8 Å². The molecule has 0 aromatic rings. The molecule has 0 spiro atoms. The Labute approximate surface area is 321 Å². The predicted octanol–water partition coefficient (Wildman–Crippen LogP) is 11.5. The van der Waals surface area contributed by atoms with E-state index in [4.69, 9.17) is 9.05 Å². The Bertz CT molecular complexity index is 948. The smallest absolute Gasteiger partial charge is 0.387 e. The first-order valence-corrected chi connectivity index (χ1v) is 22.9. The molecule has 0 aliphatic heterocycles. The number of nitrogens with zero attached hydrogens (tertiary/aromatic N) is 1. The molecule has 3 N–H and O–H groups in total. The highest BCUT2D eigenvalue weighted by Gasteiger charge is 2.27. The number of carbonyl (C=O) groups is 1. The molecule has 0 heterocycles. The van der Waals surface area contributed by atoms with Crippen molar-refractivity contribution in [1.29, 1.82) is 0 Å². The molecule has 0 aliphatic carbocycles. The van der Waals surface area contributed by atoms with Gasteiger partial charge in [-0.2, -0.15) is 0 Å². The predicted molar refractivity (Wildman–Crippen MR) is 221 cm³/mol. The van der Waals surface area contributed by atoms with Crippen molar-refractivity contribution in [2.45, 2.75) is 193 Å². The third-order valence-corrected chi connectivity index (χ3v) is 10.3. The number of nitrogens with one attached hydrogen (secondary N) is 1. The number of carbonyl (C=O) groups excluding carboxylic acids is 1. The molecule has 52 heavy (non-hydrogen) atoms. The van der Waals surface area contributed by atoms with E-state index in [0.29, 0.717) is 17.4 Å². The zero-order valence-electron chi connectivity index (χ0n) is 34.5. The van der Waals surface area contributed by atoms with Crippen molar-refractivity contribution in [2.24, 2.45) is 0 Å². The minimum absolute atomic E-state index is 0.0551. The van der Waals surface area contributed by atoms with Crippen molar-refractivity contribution in [3.05, 3.63) is 36.5 Å². The number of rotatable bonds is 38. The number of aliphatic hydroxyl groups excluding tert-OH is 1. The quantitative estimate of drug-likeness (QED) is 0.0251. The summed E-state index contributed by atoms with van der Waals surface area (Å²) in [6.45, 7) is 4.76. The topological polar surface area (TPSA) is 105 Å². The average molecular weight is 756 g/mol. The maximum atomic E-state index is 12.8. The van der Waals surface area contributed by atoms with E-state index >= 15 is 0 Å². The van der Waals surface area contributed by atoms with Crippen LogP contribution in [0.4, 0.5) is 0 Å². The van der Waals surface area contributed by atoms with Gasteiger partial charge in [-0.15, -0.1) is 0 Å². The van der Waals surface area contributed by atoms with Gasteiger partial charge < -0.3 is 19.8 Å². The van der Waals surface area contributed by atoms with Gasteiger partial charge in [-0.1, -0.05) is 153 Å². The van der Waals surface area contributed by atoms with Gasteiger partial charge in [-0.3, -0.25) is 13.8 Å². The molecule has 0 bridgehead atoms. The molecule has 0 aromatic carbocycles. The highest BCUT2D eigenvalue weighted by Crippen LogP contribution is 2.43. The van der Waals surface area contributed by atoms with Crippen LogP contribution in [0.2, 0.25) is 0 Å². The van der Waals surface area contributed by atoms with E-state index in [9.17, 15) is 19.4 Å². The first kappa shape index (κ1) is 50.7. The second-order valence-electron chi connectivity index (χ2n) is 15.7. The Balaban J connectivity index is 4.45. The van der Waals surface area contributed by atoms with E-state index in [1.54, 1.807) is 6.08 Å². The first-order valence-electron chi connectivity index (χ1n) is 21.4. The molecule has 0 aliphatic rings. The molecular formula is C43H84N2O6P+. The minimum Gasteiger partial charge on any atom is -0.387 e. The van der Waals surface area contributed by atoms with Gasteiger partial charge >= 0.3 is 7.82 Å². The van der Waals surface area contributed by atoms with Gasteiger partial charge in [0.15, 0.2) is 0 Å². The van der Waals surface area contributed by atoms with Crippen LogP contribution in [0.5, 0.6) is 0 Å². The number of allylic oxidation sites excluding steroid dienone is 5. The van der Waals surface area contributed by atoms with Crippen molar-refractivity contribution >= 4 is 13.7 Å². The monoisotopic (exact) mass is 756 g/mol. The van der Waals surface area contributed by atoms with Gasteiger partial charge in [0, 0.05) is 6.42 Å². The van der Waals surface area contributed by atoms with Crippen LogP contribution in [-0.4, -0.2) is 73.4 Å². The molecule has 3 atom stereocenters. The molecule has 3 unspecified atom stereocenters. The maximum absolute atomic E-state index is 12.8. The van der Waals surface area contributed by atoms with Crippen LogP contribution in [-0.2, 0) is 18.4 Å². The number of hydrogen-bond donors (Lipinski definition) is 3. The molecule has 1 amide bonds. The highest BCUT2D eigenvalue weighted by molar-refractivity contribution is 7.47. The van der Waals surface area contributed by atoms with Gasteiger partial charge in [-0.25, -0.2) is 4.57 Å². The van der Waals surface area contributed by atoms with Gasteiger partial charge in [0.05, 0.1) is 39.9 Å². The van der Waals surface area contributed by atoms with Crippen LogP contribution >= 0.6 is 7.82 Å². The fraction of sp³-hybridized carbons (Fsp3) is 0.837. The van der Waals surface area contributed by atoms with Crippen LogP contribution in [0.15, 0.2) is 36.5 Å². The Morgan fingerprint density at radius 2 is 1.06 bits per heavy atom. The van der Waals surface area contributed by atoms with Crippen LogP contribution < -0.4 is 5.32 Å². The number of phosphoric ester groups is 1. The summed E-state index contributed by atoms with van der Waals surface area (Å²) in [6, 6.07) is -0.862. The molecule has 0 aromatic heterocycles. The maximum Gasteiger partial charge on any atom is 0.472 e. The summed E-state index contributed by atoms with van der Waals surface area (Å²) in [5.74, 6) is -0.194. The summed E-state index contributed by atoms with van der Waals surface area (Å²) in [5, 5.41) is 13.8. The Morgan fingerprint density at radius 3 is 1.54 bits per heavy atom. The van der Waals surface area contributed by atoms with E-state index in [0.717, 1.165) is 38.5 Å². The van der Waals surface area contributed by atoms with Crippen LogP contribution in [0.1, 0.15) is 181 Å². The Hall–Kier alpha value is -1.28. The standard InChI is InChI=1S/C43H83N2O6P/c1-6-8-10-12-14-16-18-20-21-22-23-24-25-27-29-31-33-35-37-43(47)44-41(40-51-52(48,49)50-39-38-45(3,4)5)42(46)36-34-32-30-28-26-19-17-15-13-11-9-7-2/h21-22,26,28,34,36,41-42,46H,6-20,23-25,27,29-33,35,37-40H2,1-5H3,(H-,44,47,48,49)/p+1/b22-21-,28-26+,36-34+. The summed E-state index contributed by atoms with van der Waals surface area (Å²) >= 11 is 0. The summed E-state index contributed by atoms with van der Waals surface area (Å²) in [4.78, 5) is 23.0. The normalized spacial score (nSPS) is 14.8. The fourth-order valence-corrected chi connectivity index (χ4v) is 6.61. The number of phosphoric acid groups is 1. The van der Waals surface area contributed by atoms with Gasteiger partial charge in [0.25, 0.3) is 0 Å². The molecule has 9 heteroatoms. The summed E-state index contributed by atoms with van der Waals surface area (Å²) < 4.78 is 23.5. The lowest BCUT2D eigenvalue weighted by Gasteiger charge is -2.25. The number of quaternary nitrogens is 1. The second kappa shape index (κ2) is 35.4. The van der Waals surface area contributed by atoms with Crippen molar-refractivity contribution in [2.75, 3.05) is 40.9 Å². The summed E-state index contributed by atoms with van der Waals surface area (Å²) in [5.41, 5.74) is 0. The molecule has 0 fully saturated rings. The highest BCUT2D eigenvalue weighted by atomic mass is 31.2. The lowest BCUT2D eigenvalue weighted by Crippen LogP contribution is -2.45. The second-order valence-corrected chi connectivity index (χ2v) is 17.2. The minimum atomic E-state index is -4.34. The Morgan fingerprint density at radius 1 is 0.635 bits per heavy atom. The van der Waals surface area contributed by atoms with E-state index in [2.05, 4.69) is 43.5 Å². The molecule has 0 saturated carbocycles. The van der Waals surface area contributed by atoms with E-state index in [1.165, 1.54) is 122 Å². The van der Waals surface area contributed by atoms with Gasteiger partial charge in [0.1, 0.15) is 13.2 Å². The molecule has 0 saturated heterocycles. The molecule has 8 nitrogen and oxygen atoms in total. The zero-order valence-corrected chi connectivity index (χ0v) is 35.4. The number of hydrogen-bond acceptors (Lipinski definition) is 5. The zero-order chi connectivity index (χ0) is 38.6. The molecular weight excluding hydrogens is 671 g/mol. The first-order chi connectivity index (χ1) is 25.0. The summed E-state index contributed by atoms with van der Waals surface area (Å²) in [6.07, 6.45) is 42.1. The largest absolute Gasteiger partial charge is 0.472 e. The van der Waals surface area contributed by atoms with Gasteiger partial charge in [0.2, 0.25) is 5.91 Å². The van der Waals surface area contributed by atoms with Crippen molar-refractivity contribution in [3.8, 4) is 0 Å². The van der Waals surface area contributed by atoms with Crippen LogP contribution in [0.25, 0.3) is 0 Å². The van der Waals surface area contributed by atoms with Crippen LogP contribution in [0, 0.1) is 0 Å². The van der Waals surface area contributed by atoms with Crippen molar-refractivity contribution in [1.82, 2.24) is 5.32 Å². The number of amides is 1. The lowest BCUT2D eigenvalue weighted by atomic mass is 10.1. The number of likely N-dealkylation sites (N-methyl/N-ethyl adjacent to an activating group) is 1. The number of aliphatic hydroxyl groups is 1. The molecule has 0 radical (unpaired) electrons. The lowest BCUT2D eigenvalue weighted by molar-refractivity contribution is -0.870. The average Bonchev–Trinajstić information content (AvgIpc) is 3.09. The van der Waals surface area contributed by atoms with E-state index < -0.39 is 20.0 Å². The molecule has 306 valence electrons. The number of unbranched alkanes of at least 4 members (excludes halogenated alkanes) is 21. The van der Waals surface area contributed by atoms with Crippen molar-refractivity contribution in [3.63, 3.8) is 0 Å². The fourth-order valence-electron chi connectivity index (χ4n) is 5.87.